The van der Waals surface area contributed by atoms with Crippen molar-refractivity contribution in [3.63, 3.8) is 0 Å². The molecule has 5 heteroatoms. The number of benzene rings is 1. The highest BCUT2D eigenvalue weighted by molar-refractivity contribution is 6.00. The minimum atomic E-state index is -0.284. The van der Waals surface area contributed by atoms with Gasteiger partial charge in [0.05, 0.1) is 5.56 Å². The van der Waals surface area contributed by atoms with Gasteiger partial charge in [0, 0.05) is 30.5 Å². The minimum Gasteiger partial charge on any atom is -0.366 e. The van der Waals surface area contributed by atoms with Crippen molar-refractivity contribution in [1.82, 2.24) is 15.6 Å². The molecule has 0 bridgehead atoms. The van der Waals surface area contributed by atoms with Crippen molar-refractivity contribution in [1.29, 1.82) is 0 Å². The molecule has 1 aromatic carbocycles. The fraction of sp³-hybridized carbons (Fsp3) is 0.312. The molecule has 0 aliphatic carbocycles. The van der Waals surface area contributed by atoms with Crippen LogP contribution in [0, 0.1) is 5.82 Å². The van der Waals surface area contributed by atoms with E-state index >= 15 is 0 Å². The second-order valence-corrected chi connectivity index (χ2v) is 5.31. The molecule has 0 unspecified atom stereocenters. The van der Waals surface area contributed by atoms with E-state index in [0.717, 1.165) is 37.1 Å². The number of hydrogen-bond donors (Lipinski definition) is 3. The van der Waals surface area contributed by atoms with Crippen molar-refractivity contribution >= 4 is 5.91 Å². The third-order valence-electron chi connectivity index (χ3n) is 3.78. The number of aromatic nitrogens is 1. The van der Waals surface area contributed by atoms with Crippen LogP contribution in [0.5, 0.6) is 0 Å². The summed E-state index contributed by atoms with van der Waals surface area (Å²) < 4.78 is 13.0. The maximum Gasteiger partial charge on any atom is 0.253 e. The zero-order valence-corrected chi connectivity index (χ0v) is 11.7. The lowest BCUT2D eigenvalue weighted by Crippen LogP contribution is -2.45. The van der Waals surface area contributed by atoms with Crippen LogP contribution in [0.1, 0.15) is 23.2 Å². The second-order valence-electron chi connectivity index (χ2n) is 5.31. The van der Waals surface area contributed by atoms with E-state index in [1.54, 1.807) is 24.5 Å². The van der Waals surface area contributed by atoms with Gasteiger partial charge in [0.25, 0.3) is 5.91 Å². The molecule has 3 rings (SSSR count). The van der Waals surface area contributed by atoms with Crippen LogP contribution in [-0.4, -0.2) is 30.0 Å². The van der Waals surface area contributed by atoms with Crippen molar-refractivity contribution in [2.45, 2.75) is 18.9 Å². The fourth-order valence-electron chi connectivity index (χ4n) is 2.66. The van der Waals surface area contributed by atoms with Gasteiger partial charge in [-0.3, -0.25) is 4.79 Å². The van der Waals surface area contributed by atoms with Gasteiger partial charge in [-0.25, -0.2) is 4.39 Å². The van der Waals surface area contributed by atoms with Crippen molar-refractivity contribution in [3.05, 3.63) is 48.0 Å². The maximum atomic E-state index is 13.0. The van der Waals surface area contributed by atoms with Crippen molar-refractivity contribution < 1.29 is 9.18 Å². The Morgan fingerprint density at radius 2 is 2.05 bits per heavy atom. The highest BCUT2D eigenvalue weighted by atomic mass is 19.1. The number of aromatic amines is 1. The number of halogens is 1. The lowest BCUT2D eigenvalue weighted by molar-refractivity contribution is 0.0931. The van der Waals surface area contributed by atoms with Gasteiger partial charge in [0.1, 0.15) is 5.82 Å². The van der Waals surface area contributed by atoms with Crippen LogP contribution in [0.2, 0.25) is 0 Å². The number of carbonyl (C=O) groups excluding carboxylic acids is 1. The van der Waals surface area contributed by atoms with Gasteiger partial charge in [-0.05, 0) is 37.1 Å². The Morgan fingerprint density at radius 1 is 1.24 bits per heavy atom. The fourth-order valence-corrected chi connectivity index (χ4v) is 2.66. The zero-order chi connectivity index (χ0) is 14.7. The molecule has 0 spiro atoms. The third-order valence-corrected chi connectivity index (χ3v) is 3.78. The van der Waals surface area contributed by atoms with Crippen molar-refractivity contribution in [2.24, 2.45) is 0 Å². The summed E-state index contributed by atoms with van der Waals surface area (Å²) in [7, 11) is 0. The predicted molar refractivity (Wildman–Crippen MR) is 79.5 cm³/mol. The molecule has 1 fully saturated rings. The number of piperidine rings is 1. The molecule has 1 aliphatic rings. The molecule has 1 aromatic heterocycles. The van der Waals surface area contributed by atoms with Gasteiger partial charge in [-0.15, -0.1) is 0 Å². The van der Waals surface area contributed by atoms with Gasteiger partial charge in [0.2, 0.25) is 0 Å². The minimum absolute atomic E-state index is 0.0933. The van der Waals surface area contributed by atoms with E-state index in [4.69, 9.17) is 0 Å². The first kappa shape index (κ1) is 13.8. The molecule has 1 aliphatic heterocycles. The highest BCUT2D eigenvalue weighted by Gasteiger charge is 2.19. The highest BCUT2D eigenvalue weighted by Crippen LogP contribution is 2.24. The molecular weight excluding hydrogens is 269 g/mol. The first-order chi connectivity index (χ1) is 10.2. The number of amides is 1. The normalized spacial score (nSPS) is 18.4. The first-order valence-electron chi connectivity index (χ1n) is 7.18. The second kappa shape index (κ2) is 6.10. The number of rotatable bonds is 3. The molecule has 2 aromatic rings. The van der Waals surface area contributed by atoms with Crippen LogP contribution in [0.25, 0.3) is 11.1 Å². The van der Waals surface area contributed by atoms with Crippen LogP contribution in [0.3, 0.4) is 0 Å². The van der Waals surface area contributed by atoms with Crippen LogP contribution in [-0.2, 0) is 0 Å². The quantitative estimate of drug-likeness (QED) is 0.811. The summed E-state index contributed by atoms with van der Waals surface area (Å²) in [5.41, 5.74) is 2.20. The van der Waals surface area contributed by atoms with E-state index in [1.165, 1.54) is 12.1 Å². The molecule has 2 heterocycles. The third kappa shape index (κ3) is 3.13. The predicted octanol–water partition coefficient (Wildman–Crippen LogP) is 2.30. The van der Waals surface area contributed by atoms with Crippen LogP contribution in [0.15, 0.2) is 36.7 Å². The molecule has 4 nitrogen and oxygen atoms in total. The zero-order valence-electron chi connectivity index (χ0n) is 11.7. The summed E-state index contributed by atoms with van der Waals surface area (Å²) in [4.78, 5) is 15.4. The number of nitrogens with one attached hydrogen (secondary N) is 3. The standard InChI is InChI=1S/C16H18FN3O/c17-12-5-3-11(4-6-12)14-9-19-10-15(14)16(21)20-13-2-1-7-18-8-13/h3-6,9-10,13,18-19H,1-2,7-8H2,(H,20,21)/t13-/m0/s1. The molecule has 21 heavy (non-hydrogen) atoms. The van der Waals surface area contributed by atoms with Crippen molar-refractivity contribution in [3.8, 4) is 11.1 Å². The lowest BCUT2D eigenvalue weighted by Gasteiger charge is -2.23. The Labute approximate surface area is 122 Å². The number of hydrogen-bond acceptors (Lipinski definition) is 2. The summed E-state index contributed by atoms with van der Waals surface area (Å²) in [6.07, 6.45) is 5.52. The Kier molecular flexibility index (Phi) is 4.01. The largest absolute Gasteiger partial charge is 0.366 e. The smallest absolute Gasteiger partial charge is 0.253 e. The van der Waals surface area contributed by atoms with Gasteiger partial charge >= 0.3 is 0 Å². The lowest BCUT2D eigenvalue weighted by atomic mass is 10.0. The van der Waals surface area contributed by atoms with E-state index in [1.807, 2.05) is 0 Å². The van der Waals surface area contributed by atoms with E-state index < -0.39 is 0 Å². The van der Waals surface area contributed by atoms with Crippen molar-refractivity contribution in [2.75, 3.05) is 13.1 Å². The molecule has 1 amide bonds. The molecule has 3 N–H and O–H groups in total. The summed E-state index contributed by atoms with van der Waals surface area (Å²) in [6.45, 7) is 1.82. The molecule has 0 saturated carbocycles. The van der Waals surface area contributed by atoms with E-state index in [0.29, 0.717) is 5.56 Å². The Morgan fingerprint density at radius 3 is 2.76 bits per heavy atom. The average molecular weight is 287 g/mol. The average Bonchev–Trinajstić information content (AvgIpc) is 2.98. The summed E-state index contributed by atoms with van der Waals surface area (Å²) in [5, 5.41) is 6.32. The van der Waals surface area contributed by atoms with Gasteiger partial charge < -0.3 is 15.6 Å². The molecule has 1 atom stereocenters. The molecule has 1 saturated heterocycles. The van der Waals surface area contributed by atoms with Gasteiger partial charge in [-0.1, -0.05) is 12.1 Å². The molecule has 110 valence electrons. The SMILES string of the molecule is O=C(N[C@H]1CCCNC1)c1c[nH]cc1-c1ccc(F)cc1. The number of H-pyrrole nitrogens is 1. The van der Waals surface area contributed by atoms with Crippen LogP contribution in [0.4, 0.5) is 4.39 Å². The summed E-state index contributed by atoms with van der Waals surface area (Å²) >= 11 is 0. The molecule has 0 radical (unpaired) electrons. The topological polar surface area (TPSA) is 56.9 Å². The monoisotopic (exact) mass is 287 g/mol. The van der Waals surface area contributed by atoms with Gasteiger partial charge in [-0.2, -0.15) is 0 Å². The van der Waals surface area contributed by atoms with Crippen LogP contribution < -0.4 is 10.6 Å². The van der Waals surface area contributed by atoms with E-state index in [9.17, 15) is 9.18 Å². The molecular formula is C16H18FN3O. The Bertz CT molecular complexity index is 615. The first-order valence-corrected chi connectivity index (χ1v) is 7.18. The summed E-state index contributed by atoms with van der Waals surface area (Å²) in [5.74, 6) is -0.377. The summed E-state index contributed by atoms with van der Waals surface area (Å²) in [6, 6.07) is 6.32. The maximum absolute atomic E-state index is 13.0. The van der Waals surface area contributed by atoms with E-state index in [2.05, 4.69) is 15.6 Å². The number of carbonyl (C=O) groups is 1. The Balaban J connectivity index is 1.78. The van der Waals surface area contributed by atoms with Crippen LogP contribution >= 0.6 is 0 Å². The Hall–Kier alpha value is -2.14. The van der Waals surface area contributed by atoms with Gasteiger partial charge in [0.15, 0.2) is 0 Å². The van der Waals surface area contributed by atoms with E-state index in [-0.39, 0.29) is 17.8 Å².